The van der Waals surface area contributed by atoms with E-state index >= 15 is 0 Å². The van der Waals surface area contributed by atoms with Gasteiger partial charge in [-0.1, -0.05) is 41.4 Å². The van der Waals surface area contributed by atoms with Crippen molar-refractivity contribution in [3.8, 4) is 17.2 Å². The summed E-state index contributed by atoms with van der Waals surface area (Å²) in [5, 5.41) is 11.8. The Morgan fingerprint density at radius 3 is 2.24 bits per heavy atom. The summed E-state index contributed by atoms with van der Waals surface area (Å²) in [5.74, 6) is -0.516. The van der Waals surface area contributed by atoms with E-state index in [-0.39, 0.29) is 11.3 Å². The zero-order chi connectivity index (χ0) is 27.4. The predicted octanol–water partition coefficient (Wildman–Crippen LogP) is 6.47. The number of benzene rings is 3. The molecule has 3 aromatic rings. The molecule has 1 N–H and O–H groups in total. The predicted molar refractivity (Wildman–Crippen MR) is 147 cm³/mol. The number of hydrogen-bond acceptors (Lipinski definition) is 6. The molecule has 0 bridgehead atoms. The first-order chi connectivity index (χ1) is 18.3. The first kappa shape index (κ1) is 27.1. The Morgan fingerprint density at radius 2 is 1.55 bits per heavy atom. The number of amides is 1. The molecule has 7 nitrogen and oxygen atoms in total. The van der Waals surface area contributed by atoms with Crippen LogP contribution in [0.25, 0.3) is 5.76 Å². The van der Waals surface area contributed by atoms with Crippen molar-refractivity contribution in [3.63, 3.8) is 0 Å². The van der Waals surface area contributed by atoms with Gasteiger partial charge in [-0.15, -0.1) is 0 Å². The average molecular weight is 536 g/mol. The largest absolute Gasteiger partial charge is 0.507 e. The number of nitrogens with zero attached hydrogens (tertiary/aromatic N) is 1. The molecular weight excluding hydrogens is 506 g/mol. The van der Waals surface area contributed by atoms with E-state index in [4.69, 9.17) is 25.8 Å². The molecule has 198 valence electrons. The molecule has 8 heteroatoms. The molecule has 1 aliphatic rings. The van der Waals surface area contributed by atoms with Crippen LogP contribution >= 0.6 is 11.6 Å². The fourth-order valence-electron chi connectivity index (χ4n) is 4.52. The molecule has 0 radical (unpaired) electrons. The number of aryl methyl sites for hydroxylation is 1. The van der Waals surface area contributed by atoms with Gasteiger partial charge in [-0.05, 0) is 63.6 Å². The molecule has 0 aliphatic carbocycles. The van der Waals surface area contributed by atoms with Gasteiger partial charge in [0, 0.05) is 17.3 Å². The van der Waals surface area contributed by atoms with Gasteiger partial charge in [0.15, 0.2) is 11.5 Å². The zero-order valence-electron chi connectivity index (χ0n) is 21.8. The number of Topliss-reactive ketones (excluding diaryl/α,β-unsaturated/α-hetero) is 1. The lowest BCUT2D eigenvalue weighted by atomic mass is 9.94. The summed E-state index contributed by atoms with van der Waals surface area (Å²) in [6.45, 7) is 8.67. The highest BCUT2D eigenvalue weighted by molar-refractivity contribution is 6.51. The van der Waals surface area contributed by atoms with Gasteiger partial charge in [0.2, 0.25) is 0 Å². The van der Waals surface area contributed by atoms with Crippen LogP contribution in [-0.4, -0.2) is 36.6 Å². The number of aliphatic hydroxyl groups is 1. The molecule has 1 saturated heterocycles. The monoisotopic (exact) mass is 535 g/mol. The number of hydrogen-bond donors (Lipinski definition) is 1. The molecule has 1 unspecified atom stereocenters. The summed E-state index contributed by atoms with van der Waals surface area (Å²) >= 11 is 6.24. The molecule has 1 aliphatic heterocycles. The Kier molecular flexibility index (Phi) is 8.27. The summed E-state index contributed by atoms with van der Waals surface area (Å²) in [6.07, 6.45) is 0. The van der Waals surface area contributed by atoms with Crippen LogP contribution in [0.5, 0.6) is 17.2 Å². The molecule has 1 heterocycles. The van der Waals surface area contributed by atoms with Gasteiger partial charge in [0.25, 0.3) is 11.7 Å². The van der Waals surface area contributed by atoms with E-state index in [1.165, 1.54) is 4.90 Å². The maximum Gasteiger partial charge on any atom is 0.300 e. The highest BCUT2D eigenvalue weighted by atomic mass is 35.5. The van der Waals surface area contributed by atoms with Gasteiger partial charge < -0.3 is 19.3 Å². The minimum atomic E-state index is -0.881. The molecule has 0 saturated carbocycles. The van der Waals surface area contributed by atoms with E-state index < -0.39 is 17.7 Å². The quantitative estimate of drug-likeness (QED) is 0.192. The highest BCUT2D eigenvalue weighted by Gasteiger charge is 2.47. The van der Waals surface area contributed by atoms with Crippen LogP contribution in [0.15, 0.2) is 66.2 Å². The van der Waals surface area contributed by atoms with Crippen molar-refractivity contribution in [2.24, 2.45) is 0 Å². The number of ketones is 1. The number of rotatable bonds is 9. The van der Waals surface area contributed by atoms with Crippen LogP contribution in [0.4, 0.5) is 5.69 Å². The second-order valence-electron chi connectivity index (χ2n) is 8.66. The van der Waals surface area contributed by atoms with Gasteiger partial charge in [-0.2, -0.15) is 0 Å². The Balaban J connectivity index is 1.92. The van der Waals surface area contributed by atoms with E-state index in [2.05, 4.69) is 0 Å². The van der Waals surface area contributed by atoms with Gasteiger partial charge in [-0.25, -0.2) is 0 Å². The van der Waals surface area contributed by atoms with Crippen LogP contribution in [0.1, 0.15) is 43.5 Å². The van der Waals surface area contributed by atoms with Crippen molar-refractivity contribution in [2.75, 3.05) is 24.7 Å². The van der Waals surface area contributed by atoms with Gasteiger partial charge in [0.05, 0.1) is 36.5 Å². The van der Waals surface area contributed by atoms with E-state index in [9.17, 15) is 14.7 Å². The topological polar surface area (TPSA) is 85.3 Å². The lowest BCUT2D eigenvalue weighted by Crippen LogP contribution is -2.29. The van der Waals surface area contributed by atoms with Crippen molar-refractivity contribution in [1.29, 1.82) is 0 Å². The molecule has 1 amide bonds. The summed E-state index contributed by atoms with van der Waals surface area (Å²) in [6, 6.07) is 16.4. The minimum absolute atomic E-state index is 0.0304. The SMILES string of the molecule is CCOc1cc(/C(O)=C2\C(=O)C(=O)N(c3ccc(OCC)c(OCC)c3)C2c2cccc(C)c2)ccc1Cl. The minimum Gasteiger partial charge on any atom is -0.507 e. The highest BCUT2D eigenvalue weighted by Crippen LogP contribution is 2.44. The molecule has 1 fully saturated rings. The Hall–Kier alpha value is -3.97. The van der Waals surface area contributed by atoms with Crippen LogP contribution in [0.2, 0.25) is 5.02 Å². The molecular formula is C30H30ClNO6. The van der Waals surface area contributed by atoms with Gasteiger partial charge >= 0.3 is 0 Å². The van der Waals surface area contributed by atoms with Crippen molar-refractivity contribution < 1.29 is 28.9 Å². The van der Waals surface area contributed by atoms with Crippen LogP contribution in [-0.2, 0) is 9.59 Å². The molecule has 38 heavy (non-hydrogen) atoms. The maximum absolute atomic E-state index is 13.5. The van der Waals surface area contributed by atoms with Crippen LogP contribution in [0, 0.1) is 6.92 Å². The molecule has 3 aromatic carbocycles. The smallest absolute Gasteiger partial charge is 0.300 e. The third kappa shape index (κ3) is 5.20. The number of halogens is 1. The Morgan fingerprint density at radius 1 is 0.868 bits per heavy atom. The van der Waals surface area contributed by atoms with Crippen molar-refractivity contribution in [2.45, 2.75) is 33.7 Å². The molecule has 0 aromatic heterocycles. The Bertz CT molecular complexity index is 1400. The zero-order valence-corrected chi connectivity index (χ0v) is 22.5. The van der Waals surface area contributed by atoms with Gasteiger partial charge in [0.1, 0.15) is 11.5 Å². The van der Waals surface area contributed by atoms with E-state index in [0.29, 0.717) is 58.9 Å². The van der Waals surface area contributed by atoms with E-state index in [0.717, 1.165) is 5.56 Å². The number of carbonyl (C=O) groups excluding carboxylic acids is 2. The summed E-state index contributed by atoms with van der Waals surface area (Å²) < 4.78 is 17.0. The second-order valence-corrected chi connectivity index (χ2v) is 9.07. The normalized spacial score (nSPS) is 16.6. The molecule has 4 rings (SSSR count). The third-order valence-electron chi connectivity index (χ3n) is 6.11. The van der Waals surface area contributed by atoms with Crippen molar-refractivity contribution >= 4 is 34.7 Å². The Labute approximate surface area is 227 Å². The molecule has 0 spiro atoms. The lowest BCUT2D eigenvalue weighted by molar-refractivity contribution is -0.132. The van der Waals surface area contributed by atoms with Crippen molar-refractivity contribution in [1.82, 2.24) is 0 Å². The third-order valence-corrected chi connectivity index (χ3v) is 6.42. The fraction of sp³-hybridized carbons (Fsp3) is 0.267. The van der Waals surface area contributed by atoms with E-state index in [1.807, 2.05) is 52.0 Å². The second kappa shape index (κ2) is 11.6. The lowest BCUT2D eigenvalue weighted by Gasteiger charge is -2.26. The number of carbonyl (C=O) groups is 2. The summed E-state index contributed by atoms with van der Waals surface area (Å²) in [4.78, 5) is 28.4. The van der Waals surface area contributed by atoms with Crippen LogP contribution in [0.3, 0.4) is 0 Å². The number of anilines is 1. The number of ether oxygens (including phenoxy) is 3. The maximum atomic E-state index is 13.5. The first-order valence-electron chi connectivity index (χ1n) is 12.5. The standard InChI is InChI=1S/C30H30ClNO6/c1-5-36-23-14-12-21(17-25(23)38-7-3)32-27(19-10-8-9-18(4)15-19)26(29(34)30(32)35)28(33)20-11-13-22(31)24(16-20)37-6-2/h8-17,27,33H,5-7H2,1-4H3/b28-26+. The van der Waals surface area contributed by atoms with E-state index in [1.54, 1.807) is 36.4 Å². The average Bonchev–Trinajstić information content (AvgIpc) is 3.16. The van der Waals surface area contributed by atoms with Crippen LogP contribution < -0.4 is 19.1 Å². The summed E-state index contributed by atoms with van der Waals surface area (Å²) in [5.41, 5.74) is 2.35. The van der Waals surface area contributed by atoms with Crippen molar-refractivity contribution in [3.05, 3.63) is 87.9 Å². The van der Waals surface area contributed by atoms with Gasteiger partial charge in [-0.3, -0.25) is 14.5 Å². The first-order valence-corrected chi connectivity index (χ1v) is 12.9. The molecule has 1 atom stereocenters. The fourth-order valence-corrected chi connectivity index (χ4v) is 4.69. The summed E-state index contributed by atoms with van der Waals surface area (Å²) in [7, 11) is 0. The number of aliphatic hydroxyl groups excluding tert-OH is 1.